The van der Waals surface area contributed by atoms with Crippen LogP contribution < -0.4 is 5.32 Å². The van der Waals surface area contributed by atoms with E-state index in [-0.39, 0.29) is 6.10 Å². The largest absolute Gasteiger partial charge is 0.468 e. The van der Waals surface area contributed by atoms with Gasteiger partial charge in [0.2, 0.25) is 0 Å². The van der Waals surface area contributed by atoms with E-state index in [2.05, 4.69) is 25.0 Å². The number of hydrogen-bond acceptors (Lipinski definition) is 2. The molecule has 0 bridgehead atoms. The summed E-state index contributed by atoms with van der Waals surface area (Å²) in [4.78, 5) is 0. The van der Waals surface area contributed by atoms with Crippen LogP contribution in [-0.4, -0.2) is 25.5 Å². The summed E-state index contributed by atoms with van der Waals surface area (Å²) >= 11 is 4.99. The van der Waals surface area contributed by atoms with Gasteiger partial charge in [-0.25, -0.2) is 0 Å². The van der Waals surface area contributed by atoms with Crippen LogP contribution >= 0.6 is 12.2 Å². The first-order valence-electron chi connectivity index (χ1n) is 4.26. The second-order valence-corrected chi connectivity index (χ2v) is 10.2. The quantitative estimate of drug-likeness (QED) is 0.563. The maximum atomic E-state index is 5.29. The Morgan fingerprint density at radius 1 is 1.42 bits per heavy atom. The van der Waals surface area contributed by atoms with Gasteiger partial charge in [-0.15, -0.1) is 0 Å². The first-order chi connectivity index (χ1) is 5.31. The lowest BCUT2D eigenvalue weighted by Gasteiger charge is -2.19. The SMILES string of the molecule is CC(C)OC(=S)NC[Si](C)(C)C. The maximum absolute atomic E-state index is 5.29. The fraction of sp³-hybridized carbons (Fsp3) is 0.875. The summed E-state index contributed by atoms with van der Waals surface area (Å²) < 4.78 is 5.29. The molecule has 0 spiro atoms. The molecule has 0 aliphatic rings. The van der Waals surface area contributed by atoms with Crippen LogP contribution in [0.5, 0.6) is 0 Å². The Balaban J connectivity index is 3.58. The fourth-order valence-corrected chi connectivity index (χ4v) is 1.68. The molecule has 0 amide bonds. The number of hydrogen-bond donors (Lipinski definition) is 1. The fourth-order valence-electron chi connectivity index (χ4n) is 0.593. The van der Waals surface area contributed by atoms with Crippen LogP contribution in [-0.2, 0) is 4.74 Å². The molecular weight excluding hydrogens is 186 g/mol. The standard InChI is InChI=1S/C8H19NOSSi/c1-7(2)10-8(11)9-6-12(3,4)5/h7H,6H2,1-5H3,(H,9,11). The van der Waals surface area contributed by atoms with Crippen molar-refractivity contribution in [3.05, 3.63) is 0 Å². The molecule has 2 nitrogen and oxygen atoms in total. The van der Waals surface area contributed by atoms with Gasteiger partial charge >= 0.3 is 0 Å². The van der Waals surface area contributed by atoms with Crippen LogP contribution in [0.2, 0.25) is 19.6 Å². The molecule has 0 rings (SSSR count). The van der Waals surface area contributed by atoms with Gasteiger partial charge in [0.1, 0.15) is 0 Å². The Labute approximate surface area is 81.7 Å². The van der Waals surface area contributed by atoms with Crippen LogP contribution in [0.1, 0.15) is 13.8 Å². The van der Waals surface area contributed by atoms with E-state index in [4.69, 9.17) is 17.0 Å². The van der Waals surface area contributed by atoms with Crippen molar-refractivity contribution in [1.82, 2.24) is 5.32 Å². The molecule has 0 atom stereocenters. The lowest BCUT2D eigenvalue weighted by Crippen LogP contribution is -2.40. The highest BCUT2D eigenvalue weighted by molar-refractivity contribution is 7.80. The third-order valence-electron chi connectivity index (χ3n) is 1.11. The first-order valence-corrected chi connectivity index (χ1v) is 8.37. The van der Waals surface area contributed by atoms with Crippen LogP contribution in [0.4, 0.5) is 0 Å². The zero-order valence-electron chi connectivity index (χ0n) is 8.60. The molecule has 4 heteroatoms. The smallest absolute Gasteiger partial charge is 0.256 e. The van der Waals surface area contributed by atoms with Crippen LogP contribution in [0, 0.1) is 0 Å². The van der Waals surface area contributed by atoms with Crippen LogP contribution in [0.25, 0.3) is 0 Å². The van der Waals surface area contributed by atoms with Crippen LogP contribution in [0.3, 0.4) is 0 Å². The van der Waals surface area contributed by atoms with E-state index in [0.717, 1.165) is 6.17 Å². The number of nitrogens with one attached hydrogen (secondary N) is 1. The van der Waals surface area contributed by atoms with E-state index in [0.29, 0.717) is 5.17 Å². The van der Waals surface area contributed by atoms with Crippen molar-refractivity contribution in [2.75, 3.05) is 6.17 Å². The average Bonchev–Trinajstić information content (AvgIpc) is 1.80. The molecule has 12 heavy (non-hydrogen) atoms. The minimum atomic E-state index is -1.05. The highest BCUT2D eigenvalue weighted by Crippen LogP contribution is 1.98. The molecule has 0 aromatic carbocycles. The predicted octanol–water partition coefficient (Wildman–Crippen LogP) is 2.16. The van der Waals surface area contributed by atoms with Gasteiger partial charge in [-0.2, -0.15) is 0 Å². The van der Waals surface area contributed by atoms with Gasteiger partial charge in [-0.3, -0.25) is 0 Å². The molecule has 0 aromatic rings. The normalized spacial score (nSPS) is 11.5. The van der Waals surface area contributed by atoms with Crippen molar-refractivity contribution < 1.29 is 4.74 Å². The molecule has 0 heterocycles. The summed E-state index contributed by atoms with van der Waals surface area (Å²) in [5.41, 5.74) is 0. The molecule has 1 N–H and O–H groups in total. The third-order valence-corrected chi connectivity index (χ3v) is 2.58. The molecule has 0 radical (unpaired) electrons. The summed E-state index contributed by atoms with van der Waals surface area (Å²) in [6.45, 7) is 10.8. The van der Waals surface area contributed by atoms with Gasteiger partial charge in [-0.1, -0.05) is 19.6 Å². The lowest BCUT2D eigenvalue weighted by molar-refractivity contribution is 0.225. The molecule has 0 unspecified atom stereocenters. The van der Waals surface area contributed by atoms with Gasteiger partial charge in [0.25, 0.3) is 5.17 Å². The molecule has 0 saturated heterocycles. The molecule has 0 aliphatic heterocycles. The summed E-state index contributed by atoms with van der Waals surface area (Å²) in [6.07, 6.45) is 1.16. The van der Waals surface area contributed by atoms with Crippen LogP contribution in [0.15, 0.2) is 0 Å². The Morgan fingerprint density at radius 2 is 1.92 bits per heavy atom. The molecule has 72 valence electrons. The topological polar surface area (TPSA) is 21.3 Å². The second-order valence-electron chi connectivity index (χ2n) is 4.37. The van der Waals surface area contributed by atoms with E-state index >= 15 is 0 Å². The minimum Gasteiger partial charge on any atom is -0.468 e. The maximum Gasteiger partial charge on any atom is 0.256 e. The molecule has 0 saturated carbocycles. The van der Waals surface area contributed by atoms with E-state index < -0.39 is 8.07 Å². The average molecular weight is 205 g/mol. The van der Waals surface area contributed by atoms with E-state index in [1.807, 2.05) is 13.8 Å². The zero-order valence-corrected chi connectivity index (χ0v) is 10.4. The second kappa shape index (κ2) is 4.82. The Kier molecular flexibility index (Phi) is 4.78. The minimum absolute atomic E-state index is 0.173. The van der Waals surface area contributed by atoms with Crippen molar-refractivity contribution >= 4 is 25.5 Å². The highest BCUT2D eigenvalue weighted by Gasteiger charge is 2.13. The Bertz CT molecular complexity index is 154. The van der Waals surface area contributed by atoms with Crippen molar-refractivity contribution in [3.8, 4) is 0 Å². The summed E-state index contributed by atoms with van der Waals surface area (Å²) in [7, 11) is -1.05. The molecular formula is C8H19NOSSi. The Hall–Kier alpha value is -0.0931. The van der Waals surface area contributed by atoms with Crippen molar-refractivity contribution in [2.45, 2.75) is 39.6 Å². The monoisotopic (exact) mass is 205 g/mol. The van der Waals surface area contributed by atoms with Gasteiger partial charge in [0.15, 0.2) is 0 Å². The Morgan fingerprint density at radius 3 is 2.25 bits per heavy atom. The van der Waals surface area contributed by atoms with Crippen molar-refractivity contribution in [3.63, 3.8) is 0 Å². The van der Waals surface area contributed by atoms with Gasteiger partial charge in [0.05, 0.1) is 14.2 Å². The summed E-state index contributed by atoms with van der Waals surface area (Å²) in [5.74, 6) is 0. The zero-order chi connectivity index (χ0) is 9.78. The summed E-state index contributed by atoms with van der Waals surface area (Å²) in [5, 5.41) is 3.66. The highest BCUT2D eigenvalue weighted by atomic mass is 32.1. The molecule has 0 fully saturated rings. The van der Waals surface area contributed by atoms with Gasteiger partial charge in [-0.05, 0) is 26.1 Å². The van der Waals surface area contributed by atoms with Gasteiger partial charge in [0, 0.05) is 6.17 Å². The van der Waals surface area contributed by atoms with Crippen molar-refractivity contribution in [1.29, 1.82) is 0 Å². The van der Waals surface area contributed by atoms with Crippen molar-refractivity contribution in [2.24, 2.45) is 0 Å². The first kappa shape index (κ1) is 11.9. The number of ether oxygens (including phenoxy) is 1. The van der Waals surface area contributed by atoms with Gasteiger partial charge < -0.3 is 10.1 Å². The number of thiocarbonyl (C=S) groups is 1. The third kappa shape index (κ3) is 8.01. The summed E-state index contributed by atoms with van der Waals surface area (Å²) in [6, 6.07) is 0. The molecule has 0 aliphatic carbocycles. The van der Waals surface area contributed by atoms with E-state index in [1.165, 1.54) is 0 Å². The molecule has 0 aromatic heterocycles. The number of rotatable bonds is 3. The van der Waals surface area contributed by atoms with E-state index in [9.17, 15) is 0 Å². The van der Waals surface area contributed by atoms with E-state index in [1.54, 1.807) is 0 Å². The predicted molar refractivity (Wildman–Crippen MR) is 60.2 cm³/mol. The lowest BCUT2D eigenvalue weighted by atomic mass is 10.5.